The lowest BCUT2D eigenvalue weighted by atomic mass is 9.92. The predicted octanol–water partition coefficient (Wildman–Crippen LogP) is 4.48. The molecule has 0 spiro atoms. The van der Waals surface area contributed by atoms with Gasteiger partial charge in [-0.1, -0.05) is 86.3 Å². The summed E-state index contributed by atoms with van der Waals surface area (Å²) in [6.45, 7) is 0.619. The van der Waals surface area contributed by atoms with Crippen LogP contribution in [0.4, 0.5) is 0 Å². The lowest BCUT2D eigenvalue weighted by molar-refractivity contribution is -0.124. The van der Waals surface area contributed by atoms with E-state index in [1.165, 1.54) is 10.7 Å². The number of nitrogens with one attached hydrogen (secondary N) is 2. The number of hydrogen-bond donors (Lipinski definition) is 3. The number of hydrogen-bond acceptors (Lipinski definition) is 6. The van der Waals surface area contributed by atoms with Crippen molar-refractivity contribution in [1.29, 1.82) is 0 Å². The van der Waals surface area contributed by atoms with Crippen molar-refractivity contribution in [2.75, 3.05) is 0 Å². The number of aromatic nitrogens is 2. The van der Waals surface area contributed by atoms with Crippen molar-refractivity contribution < 1.29 is 29.0 Å². The number of carbonyl (C=O) groups excluding carboxylic acids is 2. The van der Waals surface area contributed by atoms with E-state index in [0.717, 1.165) is 62.5 Å². The highest BCUT2D eigenvalue weighted by molar-refractivity contribution is 5.96. The SMILES string of the molecule is O=C(Cn1nc(C(=O)O)cc1C(=O)N[C@@H]1CCCC[C@@H]1OCc1ccccc1)N[C@H]1CCCC[C@H]1OCc1ccccc1. The van der Waals surface area contributed by atoms with Crippen LogP contribution in [0.5, 0.6) is 0 Å². The van der Waals surface area contributed by atoms with Crippen LogP contribution in [0, 0.1) is 0 Å². The fraction of sp³-hybridized carbons (Fsp3) is 0.455. The zero-order valence-corrected chi connectivity index (χ0v) is 24.3. The predicted molar refractivity (Wildman–Crippen MR) is 159 cm³/mol. The lowest BCUT2D eigenvalue weighted by Gasteiger charge is -2.32. The van der Waals surface area contributed by atoms with Crippen molar-refractivity contribution in [3.05, 3.63) is 89.2 Å². The van der Waals surface area contributed by atoms with Gasteiger partial charge in [0.1, 0.15) is 12.2 Å². The van der Waals surface area contributed by atoms with E-state index in [2.05, 4.69) is 15.7 Å². The molecular weight excluding hydrogens is 548 g/mol. The number of carboxylic acid groups (broad SMARTS) is 1. The second kappa shape index (κ2) is 14.9. The van der Waals surface area contributed by atoms with Gasteiger partial charge in [0.05, 0.1) is 37.5 Å². The Kier molecular flexibility index (Phi) is 10.6. The molecule has 0 aliphatic heterocycles. The highest BCUT2D eigenvalue weighted by atomic mass is 16.5. The number of nitrogens with zero attached hydrogens (tertiary/aromatic N) is 2. The molecule has 2 aliphatic carbocycles. The van der Waals surface area contributed by atoms with Crippen molar-refractivity contribution in [2.24, 2.45) is 0 Å². The van der Waals surface area contributed by atoms with E-state index in [9.17, 15) is 19.5 Å². The summed E-state index contributed by atoms with van der Waals surface area (Å²) in [5.41, 5.74) is 1.86. The number of benzene rings is 2. The smallest absolute Gasteiger partial charge is 0.356 e. The highest BCUT2D eigenvalue weighted by Gasteiger charge is 2.31. The van der Waals surface area contributed by atoms with Gasteiger partial charge in [0.2, 0.25) is 5.91 Å². The molecule has 3 N–H and O–H groups in total. The number of ether oxygens (including phenoxy) is 2. The van der Waals surface area contributed by atoms with Crippen molar-refractivity contribution in [1.82, 2.24) is 20.4 Å². The monoisotopic (exact) mass is 588 g/mol. The van der Waals surface area contributed by atoms with Gasteiger partial charge in [-0.15, -0.1) is 0 Å². The van der Waals surface area contributed by atoms with E-state index >= 15 is 0 Å². The Labute approximate surface area is 251 Å². The minimum Gasteiger partial charge on any atom is -0.476 e. The fourth-order valence-electron chi connectivity index (χ4n) is 5.93. The summed E-state index contributed by atoms with van der Waals surface area (Å²) in [6.07, 6.45) is 6.83. The first kappa shape index (κ1) is 30.4. The molecule has 2 amide bonds. The second-order valence-electron chi connectivity index (χ2n) is 11.4. The maximum absolute atomic E-state index is 13.5. The van der Waals surface area contributed by atoms with Crippen molar-refractivity contribution in [3.8, 4) is 0 Å². The van der Waals surface area contributed by atoms with Gasteiger partial charge in [0.15, 0.2) is 5.69 Å². The van der Waals surface area contributed by atoms with Crippen LogP contribution in [0.15, 0.2) is 66.7 Å². The molecular formula is C33H40N4O6. The molecule has 0 radical (unpaired) electrons. The summed E-state index contributed by atoms with van der Waals surface area (Å²) < 4.78 is 13.6. The van der Waals surface area contributed by atoms with Gasteiger partial charge in [-0.05, 0) is 36.8 Å². The minimum atomic E-state index is -1.27. The van der Waals surface area contributed by atoms with Gasteiger partial charge in [-0.25, -0.2) is 9.48 Å². The van der Waals surface area contributed by atoms with Gasteiger partial charge >= 0.3 is 5.97 Å². The molecule has 4 atom stereocenters. The molecule has 5 rings (SSSR count). The van der Waals surface area contributed by atoms with E-state index in [-0.39, 0.29) is 48.1 Å². The van der Waals surface area contributed by atoms with Gasteiger partial charge in [-0.3, -0.25) is 9.59 Å². The number of rotatable bonds is 12. The van der Waals surface area contributed by atoms with Crippen LogP contribution in [0.25, 0.3) is 0 Å². The molecule has 228 valence electrons. The molecule has 0 saturated heterocycles. The van der Waals surface area contributed by atoms with Gasteiger partial charge < -0.3 is 25.2 Å². The van der Waals surface area contributed by atoms with Crippen LogP contribution in [-0.4, -0.2) is 57.0 Å². The Hall–Kier alpha value is -4.02. The maximum Gasteiger partial charge on any atom is 0.356 e. The van der Waals surface area contributed by atoms with Crippen molar-refractivity contribution >= 4 is 17.8 Å². The van der Waals surface area contributed by atoms with E-state index in [0.29, 0.717) is 13.2 Å². The molecule has 1 aromatic heterocycles. The Morgan fingerprint density at radius 1 is 0.767 bits per heavy atom. The summed E-state index contributed by atoms with van der Waals surface area (Å²) in [5.74, 6) is -2.10. The Morgan fingerprint density at radius 2 is 1.28 bits per heavy atom. The zero-order valence-electron chi connectivity index (χ0n) is 24.3. The lowest BCUT2D eigenvalue weighted by Crippen LogP contribution is -2.48. The van der Waals surface area contributed by atoms with Crippen molar-refractivity contribution in [2.45, 2.75) is 95.4 Å². The third-order valence-electron chi connectivity index (χ3n) is 8.21. The first-order valence-electron chi connectivity index (χ1n) is 15.2. The summed E-state index contributed by atoms with van der Waals surface area (Å²) in [7, 11) is 0. The first-order valence-corrected chi connectivity index (χ1v) is 15.2. The van der Waals surface area contributed by atoms with Crippen LogP contribution in [-0.2, 0) is 34.0 Å². The molecule has 43 heavy (non-hydrogen) atoms. The Bertz CT molecular complexity index is 1360. The summed E-state index contributed by atoms with van der Waals surface area (Å²) in [4.78, 5) is 38.4. The molecule has 2 aromatic carbocycles. The summed E-state index contributed by atoms with van der Waals surface area (Å²) in [5, 5.41) is 19.8. The van der Waals surface area contributed by atoms with E-state index in [1.54, 1.807) is 0 Å². The van der Waals surface area contributed by atoms with E-state index < -0.39 is 11.9 Å². The third-order valence-corrected chi connectivity index (χ3v) is 8.21. The average Bonchev–Trinajstić information content (AvgIpc) is 3.45. The minimum absolute atomic E-state index is 0.0282. The maximum atomic E-state index is 13.5. The number of amides is 2. The standard InChI is InChI=1S/C33H40N4O6/c38-31(34-25-15-7-9-17-29(25)42-21-23-11-3-1-4-12-23)20-37-28(19-27(36-37)33(40)41)32(39)35-26-16-8-10-18-30(26)43-22-24-13-5-2-6-14-24/h1-6,11-14,19,25-26,29-30H,7-10,15-18,20-22H2,(H,34,38)(H,35,39)(H,40,41)/t25-,26+,29+,30-/m0/s1. The molecule has 10 heteroatoms. The van der Waals surface area contributed by atoms with Gasteiger partial charge in [-0.2, -0.15) is 5.10 Å². The quantitative estimate of drug-likeness (QED) is 0.284. The molecule has 10 nitrogen and oxygen atoms in total. The Morgan fingerprint density at radius 3 is 1.81 bits per heavy atom. The second-order valence-corrected chi connectivity index (χ2v) is 11.4. The molecule has 0 unspecified atom stereocenters. The largest absolute Gasteiger partial charge is 0.476 e. The normalized spacial score (nSPS) is 22.0. The van der Waals surface area contributed by atoms with Crippen molar-refractivity contribution in [3.63, 3.8) is 0 Å². The molecule has 2 saturated carbocycles. The molecule has 3 aromatic rings. The van der Waals surface area contributed by atoms with Gasteiger partial charge in [0.25, 0.3) is 5.91 Å². The Balaban J connectivity index is 1.22. The molecule has 1 heterocycles. The zero-order chi connectivity index (χ0) is 30.0. The number of carbonyl (C=O) groups is 3. The van der Waals surface area contributed by atoms with Crippen LogP contribution in [0.1, 0.15) is 83.5 Å². The fourth-order valence-corrected chi connectivity index (χ4v) is 5.93. The third kappa shape index (κ3) is 8.52. The summed E-state index contributed by atoms with van der Waals surface area (Å²) >= 11 is 0. The van der Waals surface area contributed by atoms with Crippen LogP contribution in [0.3, 0.4) is 0 Å². The van der Waals surface area contributed by atoms with Crippen LogP contribution in [0.2, 0.25) is 0 Å². The van der Waals surface area contributed by atoms with E-state index in [4.69, 9.17) is 9.47 Å². The van der Waals surface area contributed by atoms with Gasteiger partial charge in [0, 0.05) is 6.07 Å². The topological polar surface area (TPSA) is 132 Å². The van der Waals surface area contributed by atoms with E-state index in [1.807, 2.05) is 60.7 Å². The number of carboxylic acids is 1. The van der Waals surface area contributed by atoms with Crippen LogP contribution < -0.4 is 10.6 Å². The number of aromatic carboxylic acids is 1. The highest BCUT2D eigenvalue weighted by Crippen LogP contribution is 2.24. The molecule has 0 bridgehead atoms. The van der Waals surface area contributed by atoms with Crippen LogP contribution >= 0.6 is 0 Å². The average molecular weight is 589 g/mol. The first-order chi connectivity index (χ1) is 21.0. The molecule has 2 fully saturated rings. The molecule has 2 aliphatic rings. The summed E-state index contributed by atoms with van der Waals surface area (Å²) in [6, 6.07) is 20.6.